The lowest BCUT2D eigenvalue weighted by atomic mass is 10.2. The maximum atomic E-state index is 12.2. The second-order valence-corrected chi connectivity index (χ2v) is 8.07. The Labute approximate surface area is 147 Å². The van der Waals surface area contributed by atoms with E-state index in [0.717, 1.165) is 10.5 Å². The molecule has 0 spiro atoms. The number of amides is 1. The number of hydrogen-bond donors (Lipinski definition) is 0. The number of nitrogens with zero attached hydrogens (tertiary/aromatic N) is 1. The number of thioether (sulfide) groups is 1. The predicted molar refractivity (Wildman–Crippen MR) is 88.1 cm³/mol. The molecule has 1 aromatic carbocycles. The van der Waals surface area contributed by atoms with E-state index in [0.29, 0.717) is 12.3 Å². The molecule has 0 N–H and O–H groups in total. The summed E-state index contributed by atoms with van der Waals surface area (Å²) in [6.45, 7) is 6.12. The van der Waals surface area contributed by atoms with Gasteiger partial charge in [0.05, 0.1) is 6.54 Å². The van der Waals surface area contributed by atoms with Crippen molar-refractivity contribution in [3.05, 3.63) is 23.8 Å². The first-order chi connectivity index (χ1) is 11.0. The van der Waals surface area contributed by atoms with E-state index in [4.69, 9.17) is 8.92 Å². The highest BCUT2D eigenvalue weighted by atomic mass is 32.2. The Morgan fingerprint density at radius 3 is 2.62 bits per heavy atom. The molecule has 1 aliphatic rings. The van der Waals surface area contributed by atoms with E-state index in [1.165, 1.54) is 12.1 Å². The zero-order chi connectivity index (χ0) is 18.0. The van der Waals surface area contributed by atoms with Gasteiger partial charge in [-0.1, -0.05) is 0 Å². The molecule has 4 nitrogen and oxygen atoms in total. The highest BCUT2D eigenvalue weighted by Gasteiger charge is 2.32. The highest BCUT2D eigenvalue weighted by Crippen LogP contribution is 2.35. The summed E-state index contributed by atoms with van der Waals surface area (Å²) in [6, 6.07) is 4.74. The zero-order valence-corrected chi connectivity index (χ0v) is 15.1. The number of fused-ring (bicyclic) bond motifs is 1. The molecule has 1 aromatic rings. The van der Waals surface area contributed by atoms with E-state index in [1.807, 2.05) is 0 Å². The highest BCUT2D eigenvalue weighted by molar-refractivity contribution is 7.99. The molecule has 0 aliphatic carbocycles. The second-order valence-electron chi connectivity index (χ2n) is 6.13. The zero-order valence-electron chi connectivity index (χ0n) is 13.5. The first-order valence-electron chi connectivity index (χ1n) is 7.19. The van der Waals surface area contributed by atoms with Crippen molar-refractivity contribution in [3.63, 3.8) is 0 Å². The average Bonchev–Trinajstić information content (AvgIpc) is 2.64. The van der Waals surface area contributed by atoms with Gasteiger partial charge in [0.25, 0.3) is 0 Å². The molecule has 0 bridgehead atoms. The van der Waals surface area contributed by atoms with Crippen molar-refractivity contribution in [2.45, 2.75) is 43.3 Å². The summed E-state index contributed by atoms with van der Waals surface area (Å²) in [6.07, 6.45) is -0.438. The fourth-order valence-corrected chi connectivity index (χ4v) is 3.30. The summed E-state index contributed by atoms with van der Waals surface area (Å²) in [5.74, 6) is 0.784. The number of hydrogen-bond acceptors (Lipinski definition) is 5. The van der Waals surface area contributed by atoms with Crippen molar-refractivity contribution in [1.82, 2.24) is 4.90 Å². The van der Waals surface area contributed by atoms with Gasteiger partial charge in [0, 0.05) is 17.2 Å². The largest absolute Gasteiger partial charge is 0.479 e. The van der Waals surface area contributed by atoms with Gasteiger partial charge < -0.3 is 13.8 Å². The van der Waals surface area contributed by atoms with Crippen molar-refractivity contribution < 1.29 is 26.9 Å². The maximum Gasteiger partial charge on any atom is 0.479 e. The third-order valence-corrected chi connectivity index (χ3v) is 4.46. The maximum absolute atomic E-state index is 12.2. The van der Waals surface area contributed by atoms with E-state index < -0.39 is 29.2 Å². The lowest BCUT2D eigenvalue weighted by Crippen LogP contribution is -2.37. The van der Waals surface area contributed by atoms with Crippen molar-refractivity contribution in [2.24, 2.45) is 0 Å². The fourth-order valence-electron chi connectivity index (χ4n) is 2.00. The van der Waals surface area contributed by atoms with Gasteiger partial charge in [-0.2, -0.15) is 13.2 Å². The van der Waals surface area contributed by atoms with Crippen LogP contribution in [0.2, 0.25) is 0 Å². The van der Waals surface area contributed by atoms with Gasteiger partial charge in [0.15, 0.2) is 12.0 Å². The summed E-state index contributed by atoms with van der Waals surface area (Å²) >= 11 is 0.992. The Kier molecular flexibility index (Phi) is 5.85. The molecular formula is C15H18F3NO3S2. The summed E-state index contributed by atoms with van der Waals surface area (Å²) in [4.78, 5) is 14.7. The molecule has 1 amide bonds. The van der Waals surface area contributed by atoms with E-state index in [9.17, 15) is 18.0 Å². The average molecular weight is 381 g/mol. The Hall–Kier alpha value is -1.22. The van der Waals surface area contributed by atoms with Crippen molar-refractivity contribution >= 4 is 29.9 Å². The van der Waals surface area contributed by atoms with Crippen LogP contribution in [0.4, 0.5) is 18.0 Å². The van der Waals surface area contributed by atoms with Crippen LogP contribution in [0, 0.1) is 0 Å². The number of carbonyl (C=O) groups excluding carboxylic acids is 1. The normalized spacial score (nSPS) is 15.5. The Balaban J connectivity index is 2.11. The van der Waals surface area contributed by atoms with Crippen LogP contribution in [0.3, 0.4) is 0 Å². The van der Waals surface area contributed by atoms with Crippen LogP contribution in [-0.2, 0) is 11.3 Å². The molecule has 1 aliphatic heterocycles. The molecule has 1 heterocycles. The van der Waals surface area contributed by atoms with Gasteiger partial charge in [-0.15, -0.1) is 11.8 Å². The number of alkyl halides is 3. The molecule has 0 aromatic heterocycles. The molecule has 0 saturated heterocycles. The molecule has 0 radical (unpaired) electrons. The van der Waals surface area contributed by atoms with E-state index in [-0.39, 0.29) is 12.3 Å². The Bertz CT molecular complexity index is 603. The molecule has 0 unspecified atom stereocenters. The molecule has 0 fully saturated rings. The van der Waals surface area contributed by atoms with Crippen LogP contribution in [0.5, 0.6) is 5.75 Å². The topological polar surface area (TPSA) is 38.8 Å². The van der Waals surface area contributed by atoms with Gasteiger partial charge in [0.2, 0.25) is 0 Å². The molecule has 9 heteroatoms. The van der Waals surface area contributed by atoms with Gasteiger partial charge in [-0.3, -0.25) is 0 Å². The van der Waals surface area contributed by atoms with E-state index >= 15 is 0 Å². The molecule has 24 heavy (non-hydrogen) atoms. The summed E-state index contributed by atoms with van der Waals surface area (Å²) < 4.78 is 46.8. The molecule has 134 valence electrons. The monoisotopic (exact) mass is 381 g/mol. The van der Waals surface area contributed by atoms with Crippen LogP contribution in [0.15, 0.2) is 23.1 Å². The number of carbonyl (C=O) groups is 1. The second kappa shape index (κ2) is 7.35. The minimum Gasteiger partial charge on any atom is -0.444 e. The van der Waals surface area contributed by atoms with Gasteiger partial charge in [-0.25, -0.2) is 4.79 Å². The Morgan fingerprint density at radius 1 is 1.29 bits per heavy atom. The molecule has 0 atom stereocenters. The van der Waals surface area contributed by atoms with Gasteiger partial charge >= 0.3 is 11.6 Å². The van der Waals surface area contributed by atoms with Crippen molar-refractivity contribution in [2.75, 3.05) is 12.3 Å². The minimum absolute atomic E-state index is 0.0997. The first kappa shape index (κ1) is 19.1. The van der Waals surface area contributed by atoms with E-state index in [2.05, 4.69) is 0 Å². The first-order valence-corrected chi connectivity index (χ1v) is 8.92. The lowest BCUT2D eigenvalue weighted by Gasteiger charge is -2.26. The summed E-state index contributed by atoms with van der Waals surface area (Å²) in [5, 5.41) is 0. The van der Waals surface area contributed by atoms with Crippen LogP contribution < -0.4 is 4.18 Å². The van der Waals surface area contributed by atoms with Crippen molar-refractivity contribution in [1.29, 1.82) is 0 Å². The summed E-state index contributed by atoms with van der Waals surface area (Å²) in [5.41, 5.74) is -4.33. The van der Waals surface area contributed by atoms with Crippen LogP contribution in [0.1, 0.15) is 26.3 Å². The van der Waals surface area contributed by atoms with Crippen LogP contribution in [-0.4, -0.2) is 34.4 Å². The Morgan fingerprint density at radius 2 is 2.00 bits per heavy atom. The van der Waals surface area contributed by atoms with Gasteiger partial charge in [-0.05, 0) is 44.5 Å². The standard InChI is InChI=1S/C15H18F3NO3S2/c1-14(2,3)21-13(20)19-6-7-23-12-5-4-11(8-10(12)9-19)22-24-15(16,17)18/h4-5,8H,6-7,9H2,1-3H3. The SMILES string of the molecule is CC(C)(C)OC(=O)N1CCSc2ccc(OSC(F)(F)F)cc2C1. The predicted octanol–water partition coefficient (Wildman–Crippen LogP) is 5.08. The van der Waals surface area contributed by atoms with Crippen LogP contribution >= 0.6 is 23.8 Å². The minimum atomic E-state index is -4.47. The smallest absolute Gasteiger partial charge is 0.444 e. The number of halogens is 3. The number of ether oxygens (including phenoxy) is 1. The quantitative estimate of drug-likeness (QED) is 0.668. The molecule has 2 rings (SSSR count). The van der Waals surface area contributed by atoms with Crippen LogP contribution in [0.25, 0.3) is 0 Å². The van der Waals surface area contributed by atoms with Crippen molar-refractivity contribution in [3.8, 4) is 5.75 Å². The van der Waals surface area contributed by atoms with E-state index in [1.54, 1.807) is 43.5 Å². The fraction of sp³-hybridized carbons (Fsp3) is 0.533. The van der Waals surface area contributed by atoms with Gasteiger partial charge in [0.1, 0.15) is 11.4 Å². The number of benzene rings is 1. The molecular weight excluding hydrogens is 363 g/mol. The molecule has 0 saturated carbocycles. The summed E-state index contributed by atoms with van der Waals surface area (Å²) in [7, 11) is 0. The third-order valence-electron chi connectivity index (χ3n) is 2.90. The lowest BCUT2D eigenvalue weighted by molar-refractivity contribution is -0.0369. The third kappa shape index (κ3) is 6.01. The number of rotatable bonds is 2.